The largest absolute Gasteiger partial charge is 0.492 e. The summed E-state index contributed by atoms with van der Waals surface area (Å²) >= 11 is 0. The van der Waals surface area contributed by atoms with Crippen LogP contribution >= 0.6 is 0 Å². The maximum Gasteiger partial charge on any atom is 0.119 e. The van der Waals surface area contributed by atoms with Crippen molar-refractivity contribution >= 4 is 0 Å². The summed E-state index contributed by atoms with van der Waals surface area (Å²) in [5.74, 6) is 0.858. The van der Waals surface area contributed by atoms with Crippen LogP contribution in [-0.2, 0) is 0 Å². The molecular weight excluding hydrogens is 214 g/mol. The van der Waals surface area contributed by atoms with Gasteiger partial charge in [-0.25, -0.2) is 0 Å². The van der Waals surface area contributed by atoms with Gasteiger partial charge < -0.3 is 10.1 Å². The minimum absolute atomic E-state index is 0.0453. The molecule has 1 heterocycles. The van der Waals surface area contributed by atoms with Crippen LogP contribution in [0.5, 0.6) is 5.75 Å². The lowest BCUT2D eigenvalue weighted by molar-refractivity contribution is 0.270. The molecule has 1 atom stereocenters. The molecule has 0 radical (unpaired) electrons. The Morgan fingerprint density at radius 3 is 2.71 bits per heavy atom. The van der Waals surface area contributed by atoms with E-state index in [9.17, 15) is 0 Å². The zero-order chi connectivity index (χ0) is 11.9. The van der Waals surface area contributed by atoms with E-state index < -0.39 is 0 Å². The maximum atomic E-state index is 5.68. The first-order valence-corrected chi connectivity index (χ1v) is 5.51. The zero-order valence-electron chi connectivity index (χ0n) is 9.71. The second-order valence-electron chi connectivity index (χ2n) is 3.60. The molecule has 0 spiro atoms. The van der Waals surface area contributed by atoms with Gasteiger partial charge in [0.15, 0.2) is 0 Å². The Morgan fingerprint density at radius 2 is 2.06 bits per heavy atom. The first-order chi connectivity index (χ1) is 8.40. The third kappa shape index (κ3) is 3.26. The van der Waals surface area contributed by atoms with Gasteiger partial charge in [0.2, 0.25) is 0 Å². The molecule has 4 heteroatoms. The van der Waals surface area contributed by atoms with Crippen molar-refractivity contribution in [2.45, 2.75) is 6.04 Å². The molecule has 1 unspecified atom stereocenters. The molecule has 0 aliphatic heterocycles. The maximum absolute atomic E-state index is 5.68. The van der Waals surface area contributed by atoms with Crippen LogP contribution in [0.2, 0.25) is 0 Å². The summed E-state index contributed by atoms with van der Waals surface area (Å²) in [6.07, 6.45) is 5.09. The fourth-order valence-electron chi connectivity index (χ4n) is 1.50. The normalized spacial score (nSPS) is 12.1. The number of benzene rings is 1. The van der Waals surface area contributed by atoms with E-state index in [1.54, 1.807) is 18.6 Å². The molecule has 0 amide bonds. The van der Waals surface area contributed by atoms with E-state index in [-0.39, 0.29) is 6.04 Å². The topological polar surface area (TPSA) is 47.0 Å². The van der Waals surface area contributed by atoms with Crippen LogP contribution in [0, 0.1) is 0 Å². The lowest BCUT2D eigenvalue weighted by Crippen LogP contribution is -2.24. The van der Waals surface area contributed by atoms with Gasteiger partial charge in [-0.2, -0.15) is 0 Å². The summed E-state index contributed by atoms with van der Waals surface area (Å²) in [4.78, 5) is 8.31. The first-order valence-electron chi connectivity index (χ1n) is 5.51. The van der Waals surface area contributed by atoms with Gasteiger partial charge in [-0.15, -0.1) is 0 Å². The van der Waals surface area contributed by atoms with E-state index >= 15 is 0 Å². The summed E-state index contributed by atoms with van der Waals surface area (Å²) in [5.41, 5.74) is 0.880. The third-order valence-electron chi connectivity index (χ3n) is 2.45. The van der Waals surface area contributed by atoms with Crippen molar-refractivity contribution in [1.82, 2.24) is 15.3 Å². The molecule has 1 aromatic heterocycles. The second kappa shape index (κ2) is 5.96. The number of ether oxygens (including phenoxy) is 1. The van der Waals surface area contributed by atoms with E-state index in [1.807, 2.05) is 37.4 Å². The fraction of sp³-hybridized carbons (Fsp3) is 0.231. The molecule has 2 rings (SSSR count). The second-order valence-corrected chi connectivity index (χ2v) is 3.60. The lowest BCUT2D eigenvalue weighted by Gasteiger charge is -2.15. The number of nitrogens with zero attached hydrogens (tertiary/aromatic N) is 2. The number of hydrogen-bond acceptors (Lipinski definition) is 4. The molecule has 1 aromatic carbocycles. The van der Waals surface area contributed by atoms with Crippen LogP contribution in [0.4, 0.5) is 0 Å². The highest BCUT2D eigenvalue weighted by Gasteiger charge is 2.11. The van der Waals surface area contributed by atoms with Gasteiger partial charge in [0.05, 0.1) is 17.9 Å². The minimum Gasteiger partial charge on any atom is -0.492 e. The molecule has 2 aromatic rings. The van der Waals surface area contributed by atoms with Crippen molar-refractivity contribution in [3.8, 4) is 5.75 Å². The van der Waals surface area contributed by atoms with Crippen molar-refractivity contribution in [2.75, 3.05) is 13.7 Å². The number of nitrogens with one attached hydrogen (secondary N) is 1. The van der Waals surface area contributed by atoms with Crippen molar-refractivity contribution in [2.24, 2.45) is 0 Å². The average Bonchev–Trinajstić information content (AvgIpc) is 2.42. The van der Waals surface area contributed by atoms with E-state index in [1.165, 1.54) is 0 Å². The van der Waals surface area contributed by atoms with Crippen molar-refractivity contribution in [3.05, 3.63) is 54.6 Å². The van der Waals surface area contributed by atoms with Gasteiger partial charge in [-0.3, -0.25) is 9.97 Å². The Morgan fingerprint density at radius 1 is 1.24 bits per heavy atom. The summed E-state index contributed by atoms with van der Waals surface area (Å²) < 4.78 is 5.68. The van der Waals surface area contributed by atoms with Crippen LogP contribution in [0.15, 0.2) is 48.9 Å². The third-order valence-corrected chi connectivity index (χ3v) is 2.45. The Bertz CT molecular complexity index is 433. The Hall–Kier alpha value is -1.94. The van der Waals surface area contributed by atoms with Crippen LogP contribution in [0.3, 0.4) is 0 Å². The van der Waals surface area contributed by atoms with Crippen LogP contribution in [0.1, 0.15) is 11.7 Å². The first kappa shape index (κ1) is 11.5. The van der Waals surface area contributed by atoms with Crippen molar-refractivity contribution < 1.29 is 4.74 Å². The number of para-hydroxylation sites is 1. The average molecular weight is 229 g/mol. The molecule has 0 bridgehead atoms. The van der Waals surface area contributed by atoms with Gasteiger partial charge in [0.1, 0.15) is 12.4 Å². The van der Waals surface area contributed by atoms with E-state index in [4.69, 9.17) is 4.74 Å². The molecule has 0 saturated heterocycles. The van der Waals surface area contributed by atoms with Gasteiger partial charge >= 0.3 is 0 Å². The number of rotatable bonds is 5. The minimum atomic E-state index is 0.0453. The molecule has 88 valence electrons. The summed E-state index contributed by atoms with van der Waals surface area (Å²) in [6, 6.07) is 9.78. The van der Waals surface area contributed by atoms with Gasteiger partial charge in [-0.05, 0) is 19.2 Å². The van der Waals surface area contributed by atoms with Crippen molar-refractivity contribution in [1.29, 1.82) is 0 Å². The molecule has 1 N–H and O–H groups in total. The molecule has 0 saturated carbocycles. The highest BCUT2D eigenvalue weighted by Crippen LogP contribution is 2.13. The highest BCUT2D eigenvalue weighted by molar-refractivity contribution is 5.21. The van der Waals surface area contributed by atoms with E-state index in [0.717, 1.165) is 11.4 Å². The SMILES string of the molecule is CNC(COc1ccccc1)c1cnccn1. The van der Waals surface area contributed by atoms with Crippen LogP contribution in [-0.4, -0.2) is 23.6 Å². The van der Waals surface area contributed by atoms with Gasteiger partial charge in [0, 0.05) is 12.4 Å². The predicted octanol–water partition coefficient (Wildman–Crippen LogP) is 1.82. The van der Waals surface area contributed by atoms with Crippen molar-refractivity contribution in [3.63, 3.8) is 0 Å². The summed E-state index contributed by atoms with van der Waals surface area (Å²) in [6.45, 7) is 0.527. The highest BCUT2D eigenvalue weighted by atomic mass is 16.5. The van der Waals surface area contributed by atoms with Crippen LogP contribution in [0.25, 0.3) is 0 Å². The lowest BCUT2D eigenvalue weighted by atomic mass is 10.2. The zero-order valence-corrected chi connectivity index (χ0v) is 9.71. The van der Waals surface area contributed by atoms with Crippen LogP contribution < -0.4 is 10.1 Å². The molecule has 0 fully saturated rings. The van der Waals surface area contributed by atoms with E-state index in [2.05, 4.69) is 15.3 Å². The predicted molar refractivity (Wildman–Crippen MR) is 65.8 cm³/mol. The Kier molecular flexibility index (Phi) is 4.05. The number of likely N-dealkylation sites (N-methyl/N-ethyl adjacent to an activating group) is 1. The smallest absolute Gasteiger partial charge is 0.119 e. The Balaban J connectivity index is 1.97. The molecule has 4 nitrogen and oxygen atoms in total. The molecular formula is C13H15N3O. The van der Waals surface area contributed by atoms with Gasteiger partial charge in [-0.1, -0.05) is 18.2 Å². The standard InChI is InChI=1S/C13H15N3O/c1-14-13(12-9-15-7-8-16-12)10-17-11-5-3-2-4-6-11/h2-9,13-14H,10H2,1H3. The van der Waals surface area contributed by atoms with E-state index in [0.29, 0.717) is 6.61 Å². The van der Waals surface area contributed by atoms with Gasteiger partial charge in [0.25, 0.3) is 0 Å². The molecule has 0 aliphatic carbocycles. The number of aromatic nitrogens is 2. The summed E-state index contributed by atoms with van der Waals surface area (Å²) in [7, 11) is 1.88. The fourth-order valence-corrected chi connectivity index (χ4v) is 1.50. The summed E-state index contributed by atoms with van der Waals surface area (Å²) in [5, 5.41) is 3.16. The monoisotopic (exact) mass is 229 g/mol. The number of hydrogen-bond donors (Lipinski definition) is 1. The molecule has 0 aliphatic rings. The Labute approximate surface area is 101 Å². The molecule has 17 heavy (non-hydrogen) atoms. The quantitative estimate of drug-likeness (QED) is 0.849.